The highest BCUT2D eigenvalue weighted by molar-refractivity contribution is 5.69. The van der Waals surface area contributed by atoms with E-state index in [1.807, 2.05) is 18.2 Å². The Hall–Kier alpha value is -1.35. The Balaban J connectivity index is 2.63. The summed E-state index contributed by atoms with van der Waals surface area (Å²) in [5, 5.41) is 8.66. The van der Waals surface area contributed by atoms with Crippen LogP contribution in [-0.2, 0) is 11.2 Å². The van der Waals surface area contributed by atoms with E-state index in [9.17, 15) is 4.79 Å². The minimum absolute atomic E-state index is 0.178. The van der Waals surface area contributed by atoms with E-state index in [1.165, 1.54) is 6.92 Å². The highest BCUT2D eigenvalue weighted by Gasteiger charge is 1.99. The molecular weight excluding hydrogens is 180 g/mol. The number of carbonyl (C=O) groups is 1. The maximum absolute atomic E-state index is 10.7. The number of esters is 1. The maximum Gasteiger partial charge on any atom is 0.308 e. The van der Waals surface area contributed by atoms with E-state index >= 15 is 0 Å². The molecule has 0 bridgehead atoms. The summed E-state index contributed by atoms with van der Waals surface area (Å²) in [6.45, 7) is 1.55. The van der Waals surface area contributed by atoms with Crippen molar-refractivity contribution in [3.63, 3.8) is 0 Å². The zero-order valence-corrected chi connectivity index (χ0v) is 8.19. The molecule has 3 heteroatoms. The summed E-state index contributed by atoms with van der Waals surface area (Å²) in [5.74, 6) is 0.247. The summed E-state index contributed by atoms with van der Waals surface area (Å²) in [6.07, 6.45) is 1.52. The van der Waals surface area contributed by atoms with Gasteiger partial charge < -0.3 is 9.84 Å². The number of rotatable bonds is 4. The first-order chi connectivity index (χ1) is 6.72. The van der Waals surface area contributed by atoms with Crippen LogP contribution in [0.3, 0.4) is 0 Å². The molecule has 0 fully saturated rings. The van der Waals surface area contributed by atoms with E-state index in [0.29, 0.717) is 5.75 Å². The molecule has 0 atom stereocenters. The fourth-order valence-corrected chi connectivity index (χ4v) is 1.21. The molecule has 0 aromatic heterocycles. The normalized spacial score (nSPS) is 9.86. The molecule has 3 nitrogen and oxygen atoms in total. The number of benzene rings is 1. The van der Waals surface area contributed by atoms with Crippen molar-refractivity contribution < 1.29 is 14.6 Å². The van der Waals surface area contributed by atoms with E-state index in [-0.39, 0.29) is 12.6 Å². The third-order valence-electron chi connectivity index (χ3n) is 1.78. The number of aliphatic hydroxyl groups is 1. The lowest BCUT2D eigenvalue weighted by atomic mass is 10.1. The number of ether oxygens (including phenoxy) is 1. The molecule has 0 saturated heterocycles. The maximum atomic E-state index is 10.7. The molecule has 0 spiro atoms. The lowest BCUT2D eigenvalue weighted by Gasteiger charge is -2.03. The molecule has 0 heterocycles. The van der Waals surface area contributed by atoms with Crippen LogP contribution in [0.4, 0.5) is 0 Å². The summed E-state index contributed by atoms with van der Waals surface area (Å²) in [6, 6.07) is 7.34. The van der Waals surface area contributed by atoms with Crippen LogP contribution in [0.25, 0.3) is 0 Å². The van der Waals surface area contributed by atoms with Gasteiger partial charge in [-0.3, -0.25) is 4.79 Å². The quantitative estimate of drug-likeness (QED) is 0.584. The summed E-state index contributed by atoms with van der Waals surface area (Å²) in [5.41, 5.74) is 1.07. The standard InChI is InChI=1S/C11H14O3/c1-9(13)14-11-6-2-4-10(8-11)5-3-7-12/h2,4,6,8,12H,3,5,7H2,1H3. The van der Waals surface area contributed by atoms with Crippen molar-refractivity contribution in [3.05, 3.63) is 29.8 Å². The van der Waals surface area contributed by atoms with Gasteiger partial charge in [-0.05, 0) is 30.5 Å². The van der Waals surface area contributed by atoms with Crippen LogP contribution in [0, 0.1) is 0 Å². The Morgan fingerprint density at radius 2 is 2.29 bits per heavy atom. The van der Waals surface area contributed by atoms with Gasteiger partial charge in [0.1, 0.15) is 5.75 Å². The Morgan fingerprint density at radius 1 is 1.50 bits per heavy atom. The highest BCUT2D eigenvalue weighted by atomic mass is 16.5. The Bertz CT molecular complexity index is 307. The molecule has 1 N–H and O–H groups in total. The fraction of sp³-hybridized carbons (Fsp3) is 0.364. The van der Waals surface area contributed by atoms with Crippen molar-refractivity contribution in [2.24, 2.45) is 0 Å². The van der Waals surface area contributed by atoms with Crippen LogP contribution in [0.15, 0.2) is 24.3 Å². The summed E-state index contributed by atoms with van der Waals surface area (Å²) < 4.78 is 4.93. The van der Waals surface area contributed by atoms with Crippen molar-refractivity contribution in [1.82, 2.24) is 0 Å². The number of carbonyl (C=O) groups excluding carboxylic acids is 1. The predicted molar refractivity (Wildman–Crippen MR) is 53.2 cm³/mol. The van der Waals surface area contributed by atoms with E-state index in [0.717, 1.165) is 18.4 Å². The second-order valence-electron chi connectivity index (χ2n) is 3.07. The van der Waals surface area contributed by atoms with E-state index < -0.39 is 0 Å². The highest BCUT2D eigenvalue weighted by Crippen LogP contribution is 2.14. The van der Waals surface area contributed by atoms with Crippen LogP contribution < -0.4 is 4.74 Å². The molecule has 1 rings (SSSR count). The van der Waals surface area contributed by atoms with Crippen molar-refractivity contribution in [1.29, 1.82) is 0 Å². The monoisotopic (exact) mass is 194 g/mol. The molecule has 76 valence electrons. The Kier molecular flexibility index (Phi) is 4.13. The number of aryl methyl sites for hydroxylation is 1. The average molecular weight is 194 g/mol. The van der Waals surface area contributed by atoms with Crippen molar-refractivity contribution in [2.45, 2.75) is 19.8 Å². The zero-order chi connectivity index (χ0) is 10.4. The average Bonchev–Trinajstić information content (AvgIpc) is 2.14. The first-order valence-corrected chi connectivity index (χ1v) is 4.60. The first-order valence-electron chi connectivity index (χ1n) is 4.60. The van der Waals surface area contributed by atoms with Crippen LogP contribution in [-0.4, -0.2) is 17.7 Å². The van der Waals surface area contributed by atoms with Gasteiger partial charge in [0.2, 0.25) is 0 Å². The molecule has 0 amide bonds. The largest absolute Gasteiger partial charge is 0.427 e. The van der Waals surface area contributed by atoms with Gasteiger partial charge in [0.15, 0.2) is 0 Å². The molecule has 0 aliphatic rings. The van der Waals surface area contributed by atoms with Crippen LogP contribution >= 0.6 is 0 Å². The van der Waals surface area contributed by atoms with Crippen molar-refractivity contribution in [3.8, 4) is 5.75 Å². The topological polar surface area (TPSA) is 46.5 Å². The zero-order valence-electron chi connectivity index (χ0n) is 8.19. The van der Waals surface area contributed by atoms with E-state index in [2.05, 4.69) is 0 Å². The van der Waals surface area contributed by atoms with Crippen molar-refractivity contribution in [2.75, 3.05) is 6.61 Å². The Labute approximate surface area is 83.3 Å². The van der Waals surface area contributed by atoms with Crippen LogP contribution in [0.5, 0.6) is 5.75 Å². The molecule has 0 aliphatic carbocycles. The minimum Gasteiger partial charge on any atom is -0.427 e. The number of aliphatic hydroxyl groups excluding tert-OH is 1. The molecule has 14 heavy (non-hydrogen) atoms. The predicted octanol–water partition coefficient (Wildman–Crippen LogP) is 1.54. The SMILES string of the molecule is CC(=O)Oc1cccc(CCCO)c1. The van der Waals surface area contributed by atoms with Gasteiger partial charge in [0.25, 0.3) is 0 Å². The van der Waals surface area contributed by atoms with Gasteiger partial charge in [-0.15, -0.1) is 0 Å². The second-order valence-corrected chi connectivity index (χ2v) is 3.07. The van der Waals surface area contributed by atoms with Gasteiger partial charge in [0.05, 0.1) is 0 Å². The molecule has 0 saturated carbocycles. The lowest BCUT2D eigenvalue weighted by molar-refractivity contribution is -0.131. The van der Waals surface area contributed by atoms with Gasteiger partial charge in [-0.2, -0.15) is 0 Å². The Morgan fingerprint density at radius 3 is 2.93 bits per heavy atom. The summed E-state index contributed by atoms with van der Waals surface area (Å²) in [4.78, 5) is 10.7. The molecule has 1 aromatic rings. The van der Waals surface area contributed by atoms with E-state index in [1.54, 1.807) is 6.07 Å². The van der Waals surface area contributed by atoms with Gasteiger partial charge in [-0.25, -0.2) is 0 Å². The molecule has 1 aromatic carbocycles. The van der Waals surface area contributed by atoms with Gasteiger partial charge in [-0.1, -0.05) is 12.1 Å². The van der Waals surface area contributed by atoms with Crippen LogP contribution in [0.2, 0.25) is 0 Å². The first kappa shape index (κ1) is 10.7. The number of hydrogen-bond donors (Lipinski definition) is 1. The van der Waals surface area contributed by atoms with Gasteiger partial charge in [0, 0.05) is 13.5 Å². The smallest absolute Gasteiger partial charge is 0.308 e. The third kappa shape index (κ3) is 3.58. The van der Waals surface area contributed by atoms with E-state index in [4.69, 9.17) is 9.84 Å². The van der Waals surface area contributed by atoms with Crippen LogP contribution in [0.1, 0.15) is 18.9 Å². The molecule has 0 aliphatic heterocycles. The molecule has 0 radical (unpaired) electrons. The number of hydrogen-bond acceptors (Lipinski definition) is 3. The summed E-state index contributed by atoms with van der Waals surface area (Å²) >= 11 is 0. The van der Waals surface area contributed by atoms with Crippen molar-refractivity contribution >= 4 is 5.97 Å². The minimum atomic E-state index is -0.315. The molecular formula is C11H14O3. The summed E-state index contributed by atoms with van der Waals surface area (Å²) in [7, 11) is 0. The fourth-order valence-electron chi connectivity index (χ4n) is 1.21. The second kappa shape index (κ2) is 5.40. The van der Waals surface area contributed by atoms with Gasteiger partial charge >= 0.3 is 5.97 Å². The lowest BCUT2D eigenvalue weighted by Crippen LogP contribution is -2.01. The third-order valence-corrected chi connectivity index (χ3v) is 1.78. The molecule has 0 unspecified atom stereocenters.